The predicted molar refractivity (Wildman–Crippen MR) is 89.4 cm³/mol. The van der Waals surface area contributed by atoms with Gasteiger partial charge in [-0.1, -0.05) is 40.6 Å². The highest BCUT2D eigenvalue weighted by Gasteiger charge is 2.04. The Labute approximate surface area is 127 Å². The number of hydrogen-bond donors (Lipinski definition) is 1. The molecule has 0 radical (unpaired) electrons. The van der Waals surface area contributed by atoms with E-state index in [-0.39, 0.29) is 0 Å². The average molecular weight is 281 g/mol. The van der Waals surface area contributed by atoms with E-state index in [4.69, 9.17) is 0 Å². The number of nitrogens with one attached hydrogen (secondary N) is 1. The minimum absolute atomic E-state index is 0.940. The highest BCUT2D eigenvalue weighted by atomic mass is 15.4. The zero-order valence-electron chi connectivity index (χ0n) is 13.7. The minimum Gasteiger partial charge on any atom is -0.259 e. The first-order chi connectivity index (χ1) is 9.88. The molecule has 0 amide bonds. The molecule has 110 valence electrons. The Kier molecular flexibility index (Phi) is 4.41. The van der Waals surface area contributed by atoms with Gasteiger partial charge in [0, 0.05) is 0 Å². The van der Waals surface area contributed by atoms with Crippen LogP contribution < -0.4 is 5.43 Å². The molecule has 0 heterocycles. The standard InChI is InChI=1S/C18H23N3/c1-11-7-13(3)17(14(4)8-11)19-21-20-18-15(5)9-12(2)10-16(18)6/h7-10H,1-6H3,(H,19,20). The molecule has 2 aromatic carbocycles. The van der Waals surface area contributed by atoms with Gasteiger partial charge in [-0.05, 0) is 63.8 Å². The second kappa shape index (κ2) is 6.08. The zero-order chi connectivity index (χ0) is 15.6. The molecule has 21 heavy (non-hydrogen) atoms. The molecule has 0 unspecified atom stereocenters. The van der Waals surface area contributed by atoms with Gasteiger partial charge in [-0.3, -0.25) is 5.43 Å². The summed E-state index contributed by atoms with van der Waals surface area (Å²) in [6, 6.07) is 8.55. The van der Waals surface area contributed by atoms with E-state index in [1.807, 2.05) is 0 Å². The van der Waals surface area contributed by atoms with Crippen LogP contribution in [0.2, 0.25) is 0 Å². The van der Waals surface area contributed by atoms with Crippen molar-refractivity contribution >= 4 is 11.4 Å². The summed E-state index contributed by atoms with van der Waals surface area (Å²) < 4.78 is 0. The molecule has 2 rings (SSSR count). The second-order valence-corrected chi connectivity index (χ2v) is 5.83. The van der Waals surface area contributed by atoms with Gasteiger partial charge in [-0.2, -0.15) is 0 Å². The molecule has 2 aromatic rings. The molecule has 0 saturated heterocycles. The summed E-state index contributed by atoms with van der Waals surface area (Å²) in [5.41, 5.74) is 12.2. The lowest BCUT2D eigenvalue weighted by Gasteiger charge is -2.10. The van der Waals surface area contributed by atoms with E-state index in [0.717, 1.165) is 22.5 Å². The maximum Gasteiger partial charge on any atom is 0.0932 e. The second-order valence-electron chi connectivity index (χ2n) is 5.83. The van der Waals surface area contributed by atoms with Crippen LogP contribution in [-0.4, -0.2) is 0 Å². The van der Waals surface area contributed by atoms with Crippen LogP contribution in [-0.2, 0) is 0 Å². The SMILES string of the molecule is Cc1cc(C)c(N=NNc2c(C)cc(C)cc2C)c(C)c1. The van der Waals surface area contributed by atoms with Crippen LogP contribution in [0.5, 0.6) is 0 Å². The third kappa shape index (κ3) is 3.48. The van der Waals surface area contributed by atoms with Gasteiger partial charge in [0.2, 0.25) is 0 Å². The van der Waals surface area contributed by atoms with Crippen molar-refractivity contribution in [2.45, 2.75) is 41.5 Å². The van der Waals surface area contributed by atoms with E-state index < -0.39 is 0 Å². The van der Waals surface area contributed by atoms with Gasteiger partial charge in [0.25, 0.3) is 0 Å². The predicted octanol–water partition coefficient (Wildman–Crippen LogP) is 5.65. The van der Waals surface area contributed by atoms with E-state index in [2.05, 4.69) is 81.6 Å². The Bertz CT molecular complexity index is 654. The fraction of sp³-hybridized carbons (Fsp3) is 0.333. The van der Waals surface area contributed by atoms with Crippen molar-refractivity contribution in [2.24, 2.45) is 10.3 Å². The van der Waals surface area contributed by atoms with Crippen LogP contribution in [0.1, 0.15) is 33.4 Å². The topological polar surface area (TPSA) is 36.8 Å². The lowest BCUT2D eigenvalue weighted by Crippen LogP contribution is -1.95. The van der Waals surface area contributed by atoms with Gasteiger partial charge >= 0.3 is 0 Å². The highest BCUT2D eigenvalue weighted by Crippen LogP contribution is 2.26. The van der Waals surface area contributed by atoms with Crippen molar-refractivity contribution in [1.82, 2.24) is 0 Å². The molecule has 3 nitrogen and oxygen atoms in total. The quantitative estimate of drug-likeness (QED) is 0.573. The number of hydrogen-bond acceptors (Lipinski definition) is 2. The van der Waals surface area contributed by atoms with Gasteiger partial charge < -0.3 is 0 Å². The Morgan fingerprint density at radius 3 is 1.57 bits per heavy atom. The van der Waals surface area contributed by atoms with Crippen LogP contribution in [0, 0.1) is 41.5 Å². The van der Waals surface area contributed by atoms with Crippen LogP contribution in [0.3, 0.4) is 0 Å². The van der Waals surface area contributed by atoms with Crippen LogP contribution in [0.4, 0.5) is 11.4 Å². The minimum atomic E-state index is 0.940. The fourth-order valence-corrected chi connectivity index (χ4v) is 2.81. The number of benzene rings is 2. The molecule has 0 atom stereocenters. The monoisotopic (exact) mass is 281 g/mol. The Hall–Kier alpha value is -2.16. The van der Waals surface area contributed by atoms with Crippen molar-refractivity contribution < 1.29 is 0 Å². The first kappa shape index (κ1) is 15.2. The lowest BCUT2D eigenvalue weighted by atomic mass is 10.1. The molecule has 0 aromatic heterocycles. The van der Waals surface area contributed by atoms with Crippen LogP contribution >= 0.6 is 0 Å². The Morgan fingerprint density at radius 1 is 0.667 bits per heavy atom. The lowest BCUT2D eigenvalue weighted by molar-refractivity contribution is 1.09. The van der Waals surface area contributed by atoms with Gasteiger partial charge in [-0.15, -0.1) is 5.11 Å². The first-order valence-corrected chi connectivity index (χ1v) is 7.21. The van der Waals surface area contributed by atoms with Crippen LogP contribution in [0.15, 0.2) is 34.6 Å². The first-order valence-electron chi connectivity index (χ1n) is 7.21. The van der Waals surface area contributed by atoms with Crippen LogP contribution in [0.25, 0.3) is 0 Å². The molecular formula is C18H23N3. The number of nitrogens with zero attached hydrogens (tertiary/aromatic N) is 2. The maximum absolute atomic E-state index is 4.36. The normalized spacial score (nSPS) is 11.1. The van der Waals surface area contributed by atoms with Gasteiger partial charge in [0.15, 0.2) is 0 Å². The summed E-state index contributed by atoms with van der Waals surface area (Å²) >= 11 is 0. The van der Waals surface area contributed by atoms with Crippen molar-refractivity contribution in [3.8, 4) is 0 Å². The Balaban J connectivity index is 2.25. The highest BCUT2D eigenvalue weighted by molar-refractivity contribution is 5.58. The summed E-state index contributed by atoms with van der Waals surface area (Å²) in [5.74, 6) is 0. The van der Waals surface area contributed by atoms with Crippen molar-refractivity contribution in [3.63, 3.8) is 0 Å². The molecule has 1 N–H and O–H groups in total. The third-order valence-corrected chi connectivity index (χ3v) is 3.62. The average Bonchev–Trinajstić information content (AvgIpc) is 2.34. The largest absolute Gasteiger partial charge is 0.259 e. The number of rotatable bonds is 3. The Morgan fingerprint density at radius 2 is 1.10 bits per heavy atom. The molecule has 3 heteroatoms. The van der Waals surface area contributed by atoms with Crippen molar-refractivity contribution in [2.75, 3.05) is 5.43 Å². The molecule has 0 aliphatic carbocycles. The van der Waals surface area contributed by atoms with E-state index in [9.17, 15) is 0 Å². The van der Waals surface area contributed by atoms with E-state index >= 15 is 0 Å². The molecule has 0 bridgehead atoms. The van der Waals surface area contributed by atoms with E-state index in [0.29, 0.717) is 0 Å². The van der Waals surface area contributed by atoms with Gasteiger partial charge in [-0.25, -0.2) is 0 Å². The molecule has 0 saturated carbocycles. The molecule has 0 spiro atoms. The van der Waals surface area contributed by atoms with Crippen molar-refractivity contribution in [1.29, 1.82) is 0 Å². The fourth-order valence-electron chi connectivity index (χ4n) is 2.81. The molecule has 0 aliphatic rings. The summed E-state index contributed by atoms with van der Waals surface area (Å²) in [7, 11) is 0. The number of anilines is 1. The summed E-state index contributed by atoms with van der Waals surface area (Å²) in [4.78, 5) is 0. The summed E-state index contributed by atoms with van der Waals surface area (Å²) in [6.07, 6.45) is 0. The summed E-state index contributed by atoms with van der Waals surface area (Å²) in [6.45, 7) is 12.5. The molecule has 0 fully saturated rings. The summed E-state index contributed by atoms with van der Waals surface area (Å²) in [5, 5.41) is 8.55. The zero-order valence-corrected chi connectivity index (χ0v) is 13.7. The van der Waals surface area contributed by atoms with Gasteiger partial charge in [0.1, 0.15) is 0 Å². The van der Waals surface area contributed by atoms with Gasteiger partial charge in [0.05, 0.1) is 11.4 Å². The van der Waals surface area contributed by atoms with Crippen molar-refractivity contribution in [3.05, 3.63) is 57.6 Å². The molecule has 0 aliphatic heterocycles. The number of aryl methyl sites for hydroxylation is 6. The smallest absolute Gasteiger partial charge is 0.0932 e. The molecular weight excluding hydrogens is 258 g/mol. The van der Waals surface area contributed by atoms with E-state index in [1.165, 1.54) is 22.3 Å². The third-order valence-electron chi connectivity index (χ3n) is 3.62. The maximum atomic E-state index is 4.36. The van der Waals surface area contributed by atoms with E-state index in [1.54, 1.807) is 0 Å².